The van der Waals surface area contributed by atoms with Gasteiger partial charge in [0.1, 0.15) is 5.84 Å². The molecule has 1 aliphatic rings. The van der Waals surface area contributed by atoms with Crippen LogP contribution >= 0.6 is 11.3 Å². The molecule has 110 valence electrons. The first kappa shape index (κ1) is 13.9. The summed E-state index contributed by atoms with van der Waals surface area (Å²) < 4.78 is 1.12. The fourth-order valence-corrected chi connectivity index (χ4v) is 3.76. The van der Waals surface area contributed by atoms with Gasteiger partial charge in [0.25, 0.3) is 5.91 Å². The molecule has 0 saturated carbocycles. The van der Waals surface area contributed by atoms with Gasteiger partial charge < -0.3 is 15.8 Å². The number of carbonyl (C=O) groups is 1. The molecule has 0 bridgehead atoms. The Kier molecular flexibility index (Phi) is 3.79. The maximum Gasteiger partial charge on any atom is 0.263 e. The number of amidine groups is 1. The van der Waals surface area contributed by atoms with E-state index in [0.717, 1.165) is 34.3 Å². The van der Waals surface area contributed by atoms with E-state index in [9.17, 15) is 4.79 Å². The van der Waals surface area contributed by atoms with Crippen LogP contribution in [0.2, 0.25) is 0 Å². The molecule has 3 N–H and O–H groups in total. The van der Waals surface area contributed by atoms with Gasteiger partial charge in [0.2, 0.25) is 0 Å². The number of amides is 1. The van der Waals surface area contributed by atoms with E-state index in [1.807, 2.05) is 30.3 Å². The number of carbonyl (C=O) groups excluding carboxylic acids is 1. The van der Waals surface area contributed by atoms with Crippen LogP contribution in [0.3, 0.4) is 0 Å². The Morgan fingerprint density at radius 2 is 2.24 bits per heavy atom. The summed E-state index contributed by atoms with van der Waals surface area (Å²) in [6.45, 7) is 1.24. The van der Waals surface area contributed by atoms with Crippen LogP contribution in [-0.2, 0) is 0 Å². The minimum Gasteiger partial charge on any atom is -0.409 e. The van der Waals surface area contributed by atoms with Crippen molar-refractivity contribution < 1.29 is 10.0 Å². The van der Waals surface area contributed by atoms with Crippen molar-refractivity contribution in [2.45, 2.75) is 12.8 Å². The lowest BCUT2D eigenvalue weighted by molar-refractivity contribution is 0.0706. The number of hydrogen-bond acceptors (Lipinski definition) is 4. The topological polar surface area (TPSA) is 78.9 Å². The minimum atomic E-state index is -0.0536. The van der Waals surface area contributed by atoms with E-state index in [2.05, 4.69) is 5.16 Å². The van der Waals surface area contributed by atoms with Crippen LogP contribution in [-0.4, -0.2) is 34.9 Å². The minimum absolute atomic E-state index is 0.0339. The van der Waals surface area contributed by atoms with Crippen molar-refractivity contribution in [3.63, 3.8) is 0 Å². The molecule has 1 fully saturated rings. The highest BCUT2D eigenvalue weighted by molar-refractivity contribution is 7.20. The zero-order valence-electron chi connectivity index (χ0n) is 11.5. The third kappa shape index (κ3) is 2.71. The molecule has 1 atom stereocenters. The number of oxime groups is 1. The molecule has 0 radical (unpaired) electrons. The highest BCUT2D eigenvalue weighted by Crippen LogP contribution is 2.27. The lowest BCUT2D eigenvalue weighted by atomic mass is 9.97. The van der Waals surface area contributed by atoms with Gasteiger partial charge in [0.15, 0.2) is 0 Å². The van der Waals surface area contributed by atoms with E-state index in [1.54, 1.807) is 4.90 Å². The van der Waals surface area contributed by atoms with Gasteiger partial charge in [-0.3, -0.25) is 4.79 Å². The van der Waals surface area contributed by atoms with E-state index in [0.29, 0.717) is 6.54 Å². The monoisotopic (exact) mass is 303 g/mol. The molecule has 1 amide bonds. The molecule has 0 aliphatic carbocycles. The molecular weight excluding hydrogens is 286 g/mol. The summed E-state index contributed by atoms with van der Waals surface area (Å²) in [5.41, 5.74) is 5.67. The van der Waals surface area contributed by atoms with Gasteiger partial charge in [0.05, 0.1) is 4.88 Å². The van der Waals surface area contributed by atoms with Crippen molar-refractivity contribution in [3.8, 4) is 0 Å². The van der Waals surface area contributed by atoms with Gasteiger partial charge >= 0.3 is 0 Å². The molecule has 0 spiro atoms. The molecule has 1 aliphatic heterocycles. The third-order valence-corrected chi connectivity index (χ3v) is 4.98. The van der Waals surface area contributed by atoms with E-state index < -0.39 is 0 Å². The van der Waals surface area contributed by atoms with Gasteiger partial charge in [0, 0.05) is 23.7 Å². The highest BCUT2D eigenvalue weighted by Gasteiger charge is 2.27. The Bertz CT molecular complexity index is 662. The zero-order chi connectivity index (χ0) is 14.8. The number of hydrogen-bond donors (Lipinski definition) is 2. The van der Waals surface area contributed by atoms with Gasteiger partial charge in [-0.15, -0.1) is 11.3 Å². The van der Waals surface area contributed by atoms with Crippen LogP contribution in [0.15, 0.2) is 35.5 Å². The first-order valence-electron chi connectivity index (χ1n) is 6.94. The van der Waals surface area contributed by atoms with Crippen LogP contribution < -0.4 is 5.73 Å². The number of likely N-dealkylation sites (tertiary alicyclic amines) is 1. The Morgan fingerprint density at radius 1 is 1.43 bits per heavy atom. The summed E-state index contributed by atoms with van der Waals surface area (Å²) in [6.07, 6.45) is 1.73. The number of thiophene rings is 1. The summed E-state index contributed by atoms with van der Waals surface area (Å²) in [5.74, 6) is 0.192. The van der Waals surface area contributed by atoms with Crippen molar-refractivity contribution in [1.82, 2.24) is 4.90 Å². The van der Waals surface area contributed by atoms with E-state index >= 15 is 0 Å². The van der Waals surface area contributed by atoms with Gasteiger partial charge in [-0.25, -0.2) is 0 Å². The van der Waals surface area contributed by atoms with Crippen LogP contribution in [0.1, 0.15) is 22.5 Å². The summed E-state index contributed by atoms with van der Waals surface area (Å²) >= 11 is 1.51. The van der Waals surface area contributed by atoms with Crippen molar-refractivity contribution in [2.24, 2.45) is 16.8 Å². The summed E-state index contributed by atoms with van der Waals surface area (Å²) in [7, 11) is 0. The lowest BCUT2D eigenvalue weighted by Crippen LogP contribution is -2.44. The molecule has 21 heavy (non-hydrogen) atoms. The summed E-state index contributed by atoms with van der Waals surface area (Å²) in [5, 5.41) is 13.0. The Morgan fingerprint density at radius 3 is 3.00 bits per heavy atom. The van der Waals surface area contributed by atoms with Crippen LogP contribution in [0.5, 0.6) is 0 Å². The first-order chi connectivity index (χ1) is 10.2. The molecule has 2 aromatic rings. The Hall–Kier alpha value is -2.08. The standard InChI is InChI=1S/C15H17N3O2S/c16-14(17-20)11-5-3-7-18(9-11)15(19)13-8-10-4-1-2-6-12(10)21-13/h1-2,4,6,8,11,20H,3,5,7,9H2,(H2,16,17). The SMILES string of the molecule is NC(=NO)C1CCCN(C(=O)c2cc3ccccc3s2)C1. The molecule has 6 heteroatoms. The number of benzene rings is 1. The number of nitrogens with two attached hydrogens (primary N) is 1. The average Bonchev–Trinajstić information content (AvgIpc) is 2.97. The quantitative estimate of drug-likeness (QED) is 0.387. The van der Waals surface area contributed by atoms with Crippen LogP contribution in [0.4, 0.5) is 0 Å². The molecule has 1 aromatic carbocycles. The second kappa shape index (κ2) is 5.73. The number of rotatable bonds is 2. The Labute approximate surface area is 126 Å². The third-order valence-electron chi connectivity index (χ3n) is 3.88. The number of fused-ring (bicyclic) bond motifs is 1. The lowest BCUT2D eigenvalue weighted by Gasteiger charge is -2.31. The molecule has 1 unspecified atom stereocenters. The summed E-state index contributed by atoms with van der Waals surface area (Å²) in [4.78, 5) is 15.2. The highest BCUT2D eigenvalue weighted by atomic mass is 32.1. The van der Waals surface area contributed by atoms with Gasteiger partial charge in [-0.1, -0.05) is 23.4 Å². The fraction of sp³-hybridized carbons (Fsp3) is 0.333. The molecule has 5 nitrogen and oxygen atoms in total. The number of nitrogens with zero attached hydrogens (tertiary/aromatic N) is 2. The van der Waals surface area contributed by atoms with Crippen molar-refractivity contribution >= 4 is 33.2 Å². The van der Waals surface area contributed by atoms with E-state index in [-0.39, 0.29) is 17.7 Å². The first-order valence-corrected chi connectivity index (χ1v) is 7.76. The largest absolute Gasteiger partial charge is 0.409 e. The van der Waals surface area contributed by atoms with E-state index in [1.165, 1.54) is 11.3 Å². The molecule has 3 rings (SSSR count). The number of piperidine rings is 1. The van der Waals surface area contributed by atoms with Crippen molar-refractivity contribution in [3.05, 3.63) is 35.2 Å². The summed E-state index contributed by atoms with van der Waals surface area (Å²) in [6, 6.07) is 9.92. The van der Waals surface area contributed by atoms with Gasteiger partial charge in [-0.05, 0) is 30.4 Å². The van der Waals surface area contributed by atoms with Crippen molar-refractivity contribution in [1.29, 1.82) is 0 Å². The van der Waals surface area contributed by atoms with Crippen LogP contribution in [0, 0.1) is 5.92 Å². The predicted octanol–water partition coefficient (Wildman–Crippen LogP) is 2.50. The average molecular weight is 303 g/mol. The zero-order valence-corrected chi connectivity index (χ0v) is 12.3. The molecule has 2 heterocycles. The molecule has 1 aromatic heterocycles. The second-order valence-corrected chi connectivity index (χ2v) is 6.35. The van der Waals surface area contributed by atoms with Crippen LogP contribution in [0.25, 0.3) is 10.1 Å². The molecular formula is C15H17N3O2S. The maximum absolute atomic E-state index is 12.6. The fourth-order valence-electron chi connectivity index (χ4n) is 2.73. The van der Waals surface area contributed by atoms with Gasteiger partial charge in [-0.2, -0.15) is 0 Å². The predicted molar refractivity (Wildman–Crippen MR) is 83.9 cm³/mol. The second-order valence-electron chi connectivity index (χ2n) is 5.26. The van der Waals surface area contributed by atoms with E-state index in [4.69, 9.17) is 10.9 Å². The Balaban J connectivity index is 1.81. The molecule has 1 saturated heterocycles. The van der Waals surface area contributed by atoms with Crippen molar-refractivity contribution in [2.75, 3.05) is 13.1 Å². The normalized spacial score (nSPS) is 19.9. The smallest absolute Gasteiger partial charge is 0.263 e. The maximum atomic E-state index is 12.6.